The second-order valence-electron chi connectivity index (χ2n) is 5.39. The Morgan fingerprint density at radius 1 is 1.04 bits per heavy atom. The zero-order valence-electron chi connectivity index (χ0n) is 13.7. The zero-order valence-corrected chi connectivity index (χ0v) is 13.7. The Balaban J connectivity index is 1.78. The van der Waals surface area contributed by atoms with E-state index in [1.54, 1.807) is 30.3 Å². The molecule has 5 N–H and O–H groups in total. The van der Waals surface area contributed by atoms with E-state index in [-0.39, 0.29) is 18.3 Å². The second-order valence-corrected chi connectivity index (χ2v) is 5.39. The number of aromatic nitrogens is 2. The average molecular weight is 352 g/mol. The lowest BCUT2D eigenvalue weighted by Crippen LogP contribution is -2.04. The highest BCUT2D eigenvalue weighted by Crippen LogP contribution is 2.22. The maximum Gasteiger partial charge on any atom is 0.229 e. The molecular weight excluding hydrogens is 335 g/mol. The maximum absolute atomic E-state index is 14.0. The Bertz CT molecular complexity index is 918. The van der Waals surface area contributed by atoms with Crippen LogP contribution in [0.2, 0.25) is 0 Å². The van der Waals surface area contributed by atoms with Gasteiger partial charge in [0.15, 0.2) is 11.6 Å². The van der Waals surface area contributed by atoms with Crippen LogP contribution >= 0.6 is 0 Å². The van der Waals surface area contributed by atoms with Crippen molar-refractivity contribution in [1.29, 1.82) is 0 Å². The minimum absolute atomic E-state index is 0.0309. The first-order valence-electron chi connectivity index (χ1n) is 7.84. The minimum Gasteiger partial charge on any atom is -0.399 e. The predicted octanol–water partition coefficient (Wildman–Crippen LogP) is 3.30. The average Bonchev–Trinajstić information content (AvgIpc) is 2.63. The van der Waals surface area contributed by atoms with Crippen LogP contribution in [0.25, 0.3) is 0 Å². The van der Waals surface area contributed by atoms with Gasteiger partial charge in [0.1, 0.15) is 6.29 Å². The molecule has 0 fully saturated rings. The van der Waals surface area contributed by atoms with Crippen LogP contribution in [0.3, 0.4) is 0 Å². The lowest BCUT2D eigenvalue weighted by atomic mass is 10.2. The monoisotopic (exact) mass is 352 g/mol. The molecule has 0 saturated heterocycles. The molecular formula is C18H17FN6O. The molecule has 0 unspecified atom stereocenters. The smallest absolute Gasteiger partial charge is 0.229 e. The summed E-state index contributed by atoms with van der Waals surface area (Å²) < 4.78 is 14.0. The van der Waals surface area contributed by atoms with Gasteiger partial charge in [-0.3, -0.25) is 0 Å². The molecule has 8 heteroatoms. The number of carbonyl (C=O) groups is 1. The first kappa shape index (κ1) is 17.2. The first-order valence-corrected chi connectivity index (χ1v) is 7.84. The third kappa shape index (κ3) is 4.44. The highest BCUT2D eigenvalue weighted by Gasteiger charge is 2.08. The van der Waals surface area contributed by atoms with Crippen LogP contribution in [0.1, 0.15) is 0 Å². The summed E-state index contributed by atoms with van der Waals surface area (Å²) in [6, 6.07) is 14.2. The molecule has 132 valence electrons. The number of hydrogen-bond donors (Lipinski definition) is 4. The van der Waals surface area contributed by atoms with E-state index < -0.39 is 5.82 Å². The number of hydrogen-bond acceptors (Lipinski definition) is 7. The molecule has 1 heterocycles. The number of aldehydes is 1. The van der Waals surface area contributed by atoms with Crippen molar-refractivity contribution >= 4 is 40.8 Å². The van der Waals surface area contributed by atoms with Gasteiger partial charge in [0.05, 0.1) is 12.7 Å². The summed E-state index contributed by atoms with van der Waals surface area (Å²) in [6.07, 6.45) is 1.86. The standard InChI is InChI=1S/C18H17FN6O/c19-16-11-22-18(24-15-6-2-4-13(10-15)21-7-8-26)25-17(16)23-14-5-1-3-12(20)9-14/h1-6,8-11,21H,7,20H2,(H2,22,23,24,25). The lowest BCUT2D eigenvalue weighted by molar-refractivity contribution is -0.106. The lowest BCUT2D eigenvalue weighted by Gasteiger charge is -2.11. The normalized spacial score (nSPS) is 10.2. The molecule has 1 aromatic heterocycles. The van der Waals surface area contributed by atoms with E-state index in [0.29, 0.717) is 17.1 Å². The fourth-order valence-electron chi connectivity index (χ4n) is 2.26. The molecule has 7 nitrogen and oxygen atoms in total. The number of nitrogens with one attached hydrogen (secondary N) is 3. The minimum atomic E-state index is -0.584. The fraction of sp³-hybridized carbons (Fsp3) is 0.0556. The molecule has 0 aliphatic rings. The Morgan fingerprint density at radius 2 is 1.77 bits per heavy atom. The van der Waals surface area contributed by atoms with Gasteiger partial charge in [0.25, 0.3) is 0 Å². The third-order valence-corrected chi connectivity index (χ3v) is 3.40. The molecule has 0 spiro atoms. The zero-order chi connectivity index (χ0) is 18.4. The maximum atomic E-state index is 14.0. The van der Waals surface area contributed by atoms with Crippen LogP contribution in [-0.2, 0) is 4.79 Å². The molecule has 0 amide bonds. The van der Waals surface area contributed by atoms with Crippen molar-refractivity contribution in [1.82, 2.24) is 9.97 Å². The number of nitrogens with zero attached hydrogens (tertiary/aromatic N) is 2. The van der Waals surface area contributed by atoms with Gasteiger partial charge in [-0.1, -0.05) is 12.1 Å². The van der Waals surface area contributed by atoms with E-state index in [2.05, 4.69) is 25.9 Å². The fourth-order valence-corrected chi connectivity index (χ4v) is 2.26. The quantitative estimate of drug-likeness (QED) is 0.382. The first-order chi connectivity index (χ1) is 12.6. The molecule has 0 bridgehead atoms. The molecule has 0 atom stereocenters. The van der Waals surface area contributed by atoms with Crippen molar-refractivity contribution in [2.24, 2.45) is 0 Å². The number of rotatable bonds is 7. The highest BCUT2D eigenvalue weighted by molar-refractivity contribution is 5.66. The molecule has 3 rings (SSSR count). The Hall–Kier alpha value is -3.68. The van der Waals surface area contributed by atoms with Gasteiger partial charge in [-0.05, 0) is 36.4 Å². The van der Waals surface area contributed by atoms with Crippen LogP contribution < -0.4 is 21.7 Å². The van der Waals surface area contributed by atoms with Crippen molar-refractivity contribution in [3.8, 4) is 0 Å². The van der Waals surface area contributed by atoms with E-state index in [4.69, 9.17) is 5.73 Å². The van der Waals surface area contributed by atoms with Gasteiger partial charge < -0.3 is 26.5 Å². The number of nitrogen functional groups attached to an aromatic ring is 1. The number of halogens is 1. The summed E-state index contributed by atoms with van der Waals surface area (Å²) in [5.41, 5.74) is 8.36. The summed E-state index contributed by atoms with van der Waals surface area (Å²) in [4.78, 5) is 18.6. The van der Waals surface area contributed by atoms with Crippen molar-refractivity contribution < 1.29 is 9.18 Å². The molecule has 0 saturated carbocycles. The number of carbonyl (C=O) groups excluding carboxylic acids is 1. The Morgan fingerprint density at radius 3 is 2.54 bits per heavy atom. The van der Waals surface area contributed by atoms with E-state index in [1.165, 1.54) is 0 Å². The van der Waals surface area contributed by atoms with Crippen molar-refractivity contribution in [2.45, 2.75) is 0 Å². The summed E-state index contributed by atoms with van der Waals surface area (Å²) >= 11 is 0. The second kappa shape index (κ2) is 7.93. The van der Waals surface area contributed by atoms with Crippen molar-refractivity contribution in [3.63, 3.8) is 0 Å². The van der Waals surface area contributed by atoms with E-state index in [9.17, 15) is 9.18 Å². The molecule has 3 aromatic rings. The summed E-state index contributed by atoms with van der Waals surface area (Å²) in [5.74, 6) is -0.326. The Kier molecular flexibility index (Phi) is 5.23. The number of benzene rings is 2. The highest BCUT2D eigenvalue weighted by atomic mass is 19.1. The van der Waals surface area contributed by atoms with Gasteiger partial charge in [-0.15, -0.1) is 0 Å². The number of nitrogens with two attached hydrogens (primary N) is 1. The molecule has 2 aromatic carbocycles. The number of anilines is 6. The van der Waals surface area contributed by atoms with Crippen LogP contribution in [0.4, 0.5) is 38.9 Å². The van der Waals surface area contributed by atoms with Crippen molar-refractivity contribution in [2.75, 3.05) is 28.2 Å². The Labute approximate surface area is 149 Å². The summed E-state index contributed by atoms with van der Waals surface area (Å²) in [5, 5.41) is 8.83. The topological polar surface area (TPSA) is 105 Å². The molecule has 0 radical (unpaired) electrons. The predicted molar refractivity (Wildman–Crippen MR) is 100 cm³/mol. The summed E-state index contributed by atoms with van der Waals surface area (Å²) in [7, 11) is 0. The SMILES string of the molecule is Nc1cccc(Nc2nc(Nc3cccc(NCC=O)c3)ncc2F)c1. The van der Waals surface area contributed by atoms with Crippen LogP contribution in [0.15, 0.2) is 54.7 Å². The van der Waals surface area contributed by atoms with Gasteiger partial charge >= 0.3 is 0 Å². The van der Waals surface area contributed by atoms with Gasteiger partial charge in [-0.25, -0.2) is 9.37 Å². The van der Waals surface area contributed by atoms with Crippen molar-refractivity contribution in [3.05, 3.63) is 60.5 Å². The van der Waals surface area contributed by atoms with Crippen LogP contribution in [0, 0.1) is 5.82 Å². The van der Waals surface area contributed by atoms with E-state index >= 15 is 0 Å². The van der Waals surface area contributed by atoms with E-state index in [0.717, 1.165) is 18.2 Å². The summed E-state index contributed by atoms with van der Waals surface area (Å²) in [6.45, 7) is 0.213. The third-order valence-electron chi connectivity index (χ3n) is 3.40. The molecule has 0 aliphatic heterocycles. The van der Waals surface area contributed by atoms with Crippen LogP contribution in [-0.4, -0.2) is 22.8 Å². The van der Waals surface area contributed by atoms with Gasteiger partial charge in [0, 0.05) is 22.7 Å². The van der Waals surface area contributed by atoms with Gasteiger partial charge in [0.2, 0.25) is 5.95 Å². The molecule has 0 aliphatic carbocycles. The largest absolute Gasteiger partial charge is 0.399 e. The van der Waals surface area contributed by atoms with E-state index in [1.807, 2.05) is 18.2 Å². The van der Waals surface area contributed by atoms with Crippen LogP contribution in [0.5, 0.6) is 0 Å². The van der Waals surface area contributed by atoms with Gasteiger partial charge in [-0.2, -0.15) is 4.98 Å². The molecule has 26 heavy (non-hydrogen) atoms.